The maximum Gasteiger partial charge on any atom is 1.00 e. The third-order valence-corrected chi connectivity index (χ3v) is 1.74. The van der Waals surface area contributed by atoms with E-state index in [2.05, 4.69) is 0 Å². The van der Waals surface area contributed by atoms with Crippen LogP contribution in [0.15, 0.2) is 23.8 Å². The molecule has 0 amide bonds. The van der Waals surface area contributed by atoms with Crippen molar-refractivity contribution in [2.45, 2.75) is 0 Å². The van der Waals surface area contributed by atoms with E-state index in [9.17, 15) is 5.11 Å². The van der Waals surface area contributed by atoms with Crippen molar-refractivity contribution < 1.29 is 28.7 Å². The quantitative estimate of drug-likeness (QED) is 0.422. The first-order valence-electron chi connectivity index (χ1n) is 4.08. The fourth-order valence-corrected chi connectivity index (χ4v) is 1.03. The molecule has 16 heavy (non-hydrogen) atoms. The minimum Gasteiger partial charge on any atom is -0.870 e. The molecular weight excluding hydrogens is 199 g/mol. The number of nitrogens with zero attached hydrogens (tertiary/aromatic N) is 2. The Morgan fingerprint density at radius 1 is 1.38 bits per heavy atom. The minimum absolute atomic E-state index is 0. The summed E-state index contributed by atoms with van der Waals surface area (Å²) in [7, 11) is 1.39. The van der Waals surface area contributed by atoms with Gasteiger partial charge in [-0.3, -0.25) is 0 Å². The second kappa shape index (κ2) is 6.59. The molecule has 0 aliphatic heterocycles. The summed E-state index contributed by atoms with van der Waals surface area (Å²) in [6.45, 7) is 0. The predicted octanol–water partition coefficient (Wildman–Crippen LogP) is -1.80. The molecule has 0 bridgehead atoms. The zero-order valence-corrected chi connectivity index (χ0v) is 9.02. The largest absolute Gasteiger partial charge is 1.00 e. The molecule has 74 valence electrons. The van der Waals surface area contributed by atoms with Crippen LogP contribution in [0.2, 0.25) is 0 Å². The summed E-state index contributed by atoms with van der Waals surface area (Å²) in [6.07, 6.45) is 1.39. The number of methoxy groups -OCH3 is 1. The normalized spacial score (nSPS) is 7.94. The third kappa shape index (κ3) is 3.37. The summed E-state index contributed by atoms with van der Waals surface area (Å²) in [6, 6.07) is 7.81. The molecular formula is C11H7LiN2O2. The average molecular weight is 206 g/mol. The molecule has 1 aromatic carbocycles. The number of rotatable bonds is 2. The van der Waals surface area contributed by atoms with E-state index in [1.54, 1.807) is 12.1 Å². The Morgan fingerprint density at radius 3 is 2.50 bits per heavy atom. The van der Waals surface area contributed by atoms with Gasteiger partial charge in [0, 0.05) is 0 Å². The topological polar surface area (TPSA) is 79.9 Å². The van der Waals surface area contributed by atoms with Gasteiger partial charge in [0.25, 0.3) is 0 Å². The average Bonchev–Trinajstić information content (AvgIpc) is 2.28. The van der Waals surface area contributed by atoms with Crippen LogP contribution >= 0.6 is 0 Å². The molecule has 0 saturated carbocycles. The van der Waals surface area contributed by atoms with Crippen LogP contribution in [0.1, 0.15) is 5.56 Å². The zero-order valence-electron chi connectivity index (χ0n) is 9.02. The van der Waals surface area contributed by atoms with E-state index >= 15 is 0 Å². The van der Waals surface area contributed by atoms with Gasteiger partial charge in [0.05, 0.1) is 7.11 Å². The third-order valence-electron chi connectivity index (χ3n) is 1.74. The van der Waals surface area contributed by atoms with E-state index in [0.717, 1.165) is 0 Å². The van der Waals surface area contributed by atoms with Gasteiger partial charge in [-0.05, 0) is 17.7 Å². The Morgan fingerprint density at radius 2 is 2.00 bits per heavy atom. The van der Waals surface area contributed by atoms with E-state index in [-0.39, 0.29) is 35.9 Å². The van der Waals surface area contributed by atoms with Crippen LogP contribution in [-0.2, 0) is 0 Å². The molecule has 1 rings (SSSR count). The van der Waals surface area contributed by atoms with Crippen molar-refractivity contribution in [1.82, 2.24) is 0 Å². The van der Waals surface area contributed by atoms with E-state index in [1.165, 1.54) is 31.4 Å². The van der Waals surface area contributed by atoms with Crippen molar-refractivity contribution in [3.05, 3.63) is 29.3 Å². The molecule has 0 radical (unpaired) electrons. The first-order valence-corrected chi connectivity index (χ1v) is 4.08. The van der Waals surface area contributed by atoms with Crippen molar-refractivity contribution in [3.63, 3.8) is 0 Å². The summed E-state index contributed by atoms with van der Waals surface area (Å²) >= 11 is 0. The first kappa shape index (κ1) is 14.1. The molecule has 0 aliphatic rings. The van der Waals surface area contributed by atoms with Gasteiger partial charge in [-0.2, -0.15) is 10.5 Å². The number of nitriles is 2. The SMILES string of the molecule is COc1cc(C=C(C#N)C#N)ccc1[O-].[Li+]. The maximum absolute atomic E-state index is 11.2. The van der Waals surface area contributed by atoms with Crippen molar-refractivity contribution in [3.8, 4) is 23.6 Å². The van der Waals surface area contributed by atoms with Crippen LogP contribution < -0.4 is 28.7 Å². The van der Waals surface area contributed by atoms with Crippen LogP contribution in [0.4, 0.5) is 0 Å². The van der Waals surface area contributed by atoms with Crippen LogP contribution in [0.25, 0.3) is 6.08 Å². The number of ether oxygens (including phenoxy) is 1. The summed E-state index contributed by atoms with van der Waals surface area (Å²) in [4.78, 5) is 0. The Labute approximate surface area is 106 Å². The Kier molecular flexibility index (Phi) is 5.82. The summed E-state index contributed by atoms with van der Waals surface area (Å²) in [5.74, 6) is -0.0379. The second-order valence-electron chi connectivity index (χ2n) is 2.69. The molecule has 0 heterocycles. The smallest absolute Gasteiger partial charge is 0.870 e. The molecule has 0 unspecified atom stereocenters. The van der Waals surface area contributed by atoms with Gasteiger partial charge >= 0.3 is 18.9 Å². The fraction of sp³-hybridized carbons (Fsp3) is 0.0909. The fourth-order valence-electron chi connectivity index (χ4n) is 1.03. The number of hydrogen-bond acceptors (Lipinski definition) is 4. The summed E-state index contributed by atoms with van der Waals surface area (Å²) < 4.78 is 4.83. The molecule has 0 fully saturated rings. The maximum atomic E-state index is 11.2. The Bertz CT molecular complexity index is 468. The molecule has 0 spiro atoms. The molecule has 0 aromatic heterocycles. The molecule has 4 nitrogen and oxygen atoms in total. The van der Waals surface area contributed by atoms with Gasteiger partial charge in [0.2, 0.25) is 0 Å². The zero-order chi connectivity index (χ0) is 11.3. The molecule has 0 N–H and O–H groups in total. The van der Waals surface area contributed by atoms with Crippen molar-refractivity contribution >= 4 is 6.08 Å². The molecule has 1 aromatic rings. The monoisotopic (exact) mass is 206 g/mol. The second-order valence-corrected chi connectivity index (χ2v) is 2.69. The Hall–Kier alpha value is -1.86. The van der Waals surface area contributed by atoms with Gasteiger partial charge in [-0.1, -0.05) is 17.9 Å². The molecule has 0 saturated heterocycles. The number of hydrogen-bond donors (Lipinski definition) is 0. The van der Waals surface area contributed by atoms with Crippen molar-refractivity contribution in [2.24, 2.45) is 0 Å². The molecule has 0 atom stereocenters. The van der Waals surface area contributed by atoms with E-state index in [1.807, 2.05) is 0 Å². The number of benzene rings is 1. The van der Waals surface area contributed by atoms with Crippen LogP contribution in [0.5, 0.6) is 11.5 Å². The summed E-state index contributed by atoms with van der Waals surface area (Å²) in [5.41, 5.74) is 0.570. The van der Waals surface area contributed by atoms with Crippen LogP contribution in [0.3, 0.4) is 0 Å². The predicted molar refractivity (Wildman–Crippen MR) is 51.6 cm³/mol. The van der Waals surface area contributed by atoms with Gasteiger partial charge in [-0.25, -0.2) is 0 Å². The molecule has 0 aliphatic carbocycles. The molecule has 5 heteroatoms. The van der Waals surface area contributed by atoms with E-state index in [4.69, 9.17) is 15.3 Å². The van der Waals surface area contributed by atoms with E-state index in [0.29, 0.717) is 5.56 Å². The van der Waals surface area contributed by atoms with Crippen molar-refractivity contribution in [1.29, 1.82) is 10.5 Å². The van der Waals surface area contributed by atoms with Crippen LogP contribution in [-0.4, -0.2) is 7.11 Å². The van der Waals surface area contributed by atoms with Gasteiger partial charge in [0.15, 0.2) is 0 Å². The van der Waals surface area contributed by atoms with Crippen LogP contribution in [0, 0.1) is 22.7 Å². The minimum atomic E-state index is -0.231. The Balaban J connectivity index is 0.00000225. The summed E-state index contributed by atoms with van der Waals surface area (Å²) in [5, 5.41) is 28.2. The van der Waals surface area contributed by atoms with E-state index < -0.39 is 0 Å². The van der Waals surface area contributed by atoms with Crippen molar-refractivity contribution in [2.75, 3.05) is 7.11 Å². The van der Waals surface area contributed by atoms with Gasteiger partial charge in [0.1, 0.15) is 23.5 Å². The standard InChI is InChI=1S/C11H8N2O2.Li/c1-15-11-5-8(2-3-10(11)14)4-9(6-12)7-13;/h2-5,14H,1H3;/q;+1/p-1. The first-order chi connectivity index (χ1) is 7.21. The van der Waals surface area contributed by atoms with Gasteiger partial charge in [-0.15, -0.1) is 0 Å². The van der Waals surface area contributed by atoms with Gasteiger partial charge < -0.3 is 9.84 Å². The number of allylic oxidation sites excluding steroid dienone is 1.